The van der Waals surface area contributed by atoms with E-state index < -0.39 is 36.5 Å². The molecule has 1 aliphatic heterocycles. The molecule has 3 aromatic rings. The second-order valence-electron chi connectivity index (χ2n) is 9.90. The van der Waals surface area contributed by atoms with E-state index >= 15 is 0 Å². The Labute approximate surface area is 240 Å². The van der Waals surface area contributed by atoms with Crippen molar-refractivity contribution in [1.29, 1.82) is 0 Å². The molecule has 0 aromatic heterocycles. The average molecular weight is 562 g/mol. The molecule has 0 bridgehead atoms. The molecule has 1 heterocycles. The van der Waals surface area contributed by atoms with Crippen LogP contribution in [0.1, 0.15) is 30.0 Å². The van der Waals surface area contributed by atoms with Gasteiger partial charge in [-0.05, 0) is 23.1 Å². The van der Waals surface area contributed by atoms with E-state index in [1.165, 1.54) is 13.0 Å². The topological polar surface area (TPSA) is 83.1 Å². The maximum Gasteiger partial charge on any atom is 0.324 e. The monoisotopic (exact) mass is 561 g/mol. The van der Waals surface area contributed by atoms with E-state index in [2.05, 4.69) is 5.32 Å². The number of halogens is 1. The Bertz CT molecular complexity index is 1240. The first kappa shape index (κ1) is 30.3. The Hall–Kier alpha value is -3.69. The minimum Gasteiger partial charge on any atom is -0.374 e. The number of carbonyl (C=O) groups excluding carboxylic acids is 2. The highest BCUT2D eigenvalue weighted by molar-refractivity contribution is 5.80. The molecule has 1 N–H and O–H groups in total. The summed E-state index contributed by atoms with van der Waals surface area (Å²) in [4.78, 5) is 23.3. The van der Waals surface area contributed by atoms with Crippen molar-refractivity contribution in [2.45, 2.75) is 63.6 Å². The largest absolute Gasteiger partial charge is 0.374 e. The van der Waals surface area contributed by atoms with Crippen molar-refractivity contribution in [3.8, 4) is 0 Å². The van der Waals surface area contributed by atoms with E-state index in [-0.39, 0.29) is 25.5 Å². The summed E-state index contributed by atoms with van der Waals surface area (Å²) in [5.74, 6) is -0.275. The first-order chi connectivity index (χ1) is 20.0. The summed E-state index contributed by atoms with van der Waals surface area (Å²) in [6.07, 6.45) is -0.0246. The van der Waals surface area contributed by atoms with Crippen LogP contribution in [-0.4, -0.2) is 49.0 Å². The van der Waals surface area contributed by atoms with Crippen molar-refractivity contribution in [2.75, 3.05) is 6.61 Å². The second-order valence-corrected chi connectivity index (χ2v) is 9.90. The molecule has 0 aliphatic carbocycles. The fourth-order valence-corrected chi connectivity index (χ4v) is 4.86. The van der Waals surface area contributed by atoms with Crippen molar-refractivity contribution in [2.24, 2.45) is 0 Å². The van der Waals surface area contributed by atoms with Crippen LogP contribution in [0.5, 0.6) is 0 Å². The standard InChI is InChI=1S/C33H36FNO6/c1-24(36)35-31-28(18-11-19-30(34)37)41-29(23-38-20-25-12-5-2-6-13-25)32(39-21-26-14-7-3-8-15-26)33(31)40-22-27-16-9-4-10-17-27/h2-17,19,28-29,31-33H,18,20-23H2,1H3,(H,35,36)/b19-11+/t28-,29-,31+,32-,33-/m1/s1. The molecule has 1 saturated heterocycles. The first-order valence-electron chi connectivity index (χ1n) is 13.7. The van der Waals surface area contributed by atoms with Gasteiger partial charge in [-0.3, -0.25) is 9.59 Å². The van der Waals surface area contributed by atoms with Crippen LogP contribution in [-0.2, 0) is 48.4 Å². The molecule has 0 saturated carbocycles. The van der Waals surface area contributed by atoms with Crippen molar-refractivity contribution >= 4 is 11.9 Å². The van der Waals surface area contributed by atoms with E-state index in [4.69, 9.17) is 18.9 Å². The third-order valence-electron chi connectivity index (χ3n) is 6.75. The number of ether oxygens (including phenoxy) is 4. The minimum atomic E-state index is -1.56. The lowest BCUT2D eigenvalue weighted by atomic mass is 9.90. The van der Waals surface area contributed by atoms with Gasteiger partial charge in [0.2, 0.25) is 5.91 Å². The molecule has 8 heteroatoms. The third kappa shape index (κ3) is 9.72. The zero-order valence-electron chi connectivity index (χ0n) is 23.1. The number of carbonyl (C=O) groups is 2. The van der Waals surface area contributed by atoms with Gasteiger partial charge in [0.1, 0.15) is 18.3 Å². The van der Waals surface area contributed by atoms with Gasteiger partial charge in [0.05, 0.1) is 38.6 Å². The number of hydrogen-bond acceptors (Lipinski definition) is 6. The van der Waals surface area contributed by atoms with Gasteiger partial charge >= 0.3 is 6.04 Å². The van der Waals surface area contributed by atoms with Crippen LogP contribution in [0.3, 0.4) is 0 Å². The van der Waals surface area contributed by atoms with Gasteiger partial charge in [-0.15, -0.1) is 0 Å². The Balaban J connectivity index is 1.62. The fraction of sp³-hybridized carbons (Fsp3) is 0.333. The minimum absolute atomic E-state index is 0.173. The molecule has 3 aromatic carbocycles. The van der Waals surface area contributed by atoms with Gasteiger partial charge in [-0.2, -0.15) is 4.39 Å². The van der Waals surface area contributed by atoms with Gasteiger partial charge in [0, 0.05) is 13.0 Å². The predicted molar refractivity (Wildman–Crippen MR) is 152 cm³/mol. The molecule has 216 valence electrons. The molecule has 4 rings (SSSR count). The Morgan fingerprint density at radius 1 is 0.780 bits per heavy atom. The molecule has 1 amide bonds. The highest BCUT2D eigenvalue weighted by atomic mass is 19.1. The molecule has 41 heavy (non-hydrogen) atoms. The van der Waals surface area contributed by atoms with Crippen LogP contribution in [0.4, 0.5) is 4.39 Å². The Morgan fingerprint density at radius 3 is 1.80 bits per heavy atom. The lowest BCUT2D eigenvalue weighted by Gasteiger charge is -2.46. The summed E-state index contributed by atoms with van der Waals surface area (Å²) in [6, 6.07) is 27.1. The smallest absolute Gasteiger partial charge is 0.324 e. The van der Waals surface area contributed by atoms with E-state index in [0.29, 0.717) is 13.2 Å². The fourth-order valence-electron chi connectivity index (χ4n) is 4.86. The molecule has 0 radical (unpaired) electrons. The maximum atomic E-state index is 13.0. The van der Waals surface area contributed by atoms with Crippen molar-refractivity contribution in [3.63, 3.8) is 0 Å². The van der Waals surface area contributed by atoms with Gasteiger partial charge in [-0.25, -0.2) is 0 Å². The number of nitrogens with one attached hydrogen (secondary N) is 1. The third-order valence-corrected chi connectivity index (χ3v) is 6.75. The van der Waals surface area contributed by atoms with E-state index in [0.717, 1.165) is 22.8 Å². The molecule has 5 atom stereocenters. The van der Waals surface area contributed by atoms with Gasteiger partial charge in [0.25, 0.3) is 0 Å². The second kappa shape index (κ2) is 15.9. The lowest BCUT2D eigenvalue weighted by molar-refractivity contribution is -0.231. The molecule has 7 nitrogen and oxygen atoms in total. The number of benzene rings is 3. The van der Waals surface area contributed by atoms with Gasteiger partial charge in [-0.1, -0.05) is 97.1 Å². The number of amides is 1. The molecule has 1 fully saturated rings. The van der Waals surface area contributed by atoms with E-state index in [1.807, 2.05) is 91.0 Å². The van der Waals surface area contributed by atoms with Gasteiger partial charge < -0.3 is 24.3 Å². The van der Waals surface area contributed by atoms with Crippen molar-refractivity contribution in [3.05, 3.63) is 120 Å². The Kier molecular flexibility index (Phi) is 11.8. The molecule has 0 unspecified atom stereocenters. The molecule has 0 spiro atoms. The number of allylic oxidation sites excluding steroid dienone is 1. The van der Waals surface area contributed by atoms with Crippen molar-refractivity contribution < 1.29 is 32.9 Å². The molecule has 1 aliphatic rings. The zero-order valence-corrected chi connectivity index (χ0v) is 23.1. The Morgan fingerprint density at radius 2 is 1.29 bits per heavy atom. The van der Waals surface area contributed by atoms with Crippen LogP contribution in [0, 0.1) is 0 Å². The number of hydrogen-bond donors (Lipinski definition) is 1. The lowest BCUT2D eigenvalue weighted by Crippen LogP contribution is -2.65. The van der Waals surface area contributed by atoms with E-state index in [9.17, 15) is 14.0 Å². The quantitative estimate of drug-likeness (QED) is 0.218. The van der Waals surface area contributed by atoms with Crippen LogP contribution >= 0.6 is 0 Å². The van der Waals surface area contributed by atoms with E-state index in [1.54, 1.807) is 0 Å². The highest BCUT2D eigenvalue weighted by Crippen LogP contribution is 2.30. The van der Waals surface area contributed by atoms with Crippen LogP contribution < -0.4 is 5.32 Å². The summed E-state index contributed by atoms with van der Waals surface area (Å²) < 4.78 is 38.5. The molecular weight excluding hydrogens is 525 g/mol. The van der Waals surface area contributed by atoms with Crippen LogP contribution in [0.15, 0.2) is 103 Å². The number of rotatable bonds is 14. The zero-order chi connectivity index (χ0) is 28.9. The van der Waals surface area contributed by atoms with Gasteiger partial charge in [0.15, 0.2) is 0 Å². The first-order valence-corrected chi connectivity index (χ1v) is 13.7. The SMILES string of the molecule is CC(=O)N[C@@H]1[C@@H](OCc2ccccc2)[C@H](OCc2ccccc2)[C@@H](COCc2ccccc2)O[C@@H]1C/C=C/C(=O)F. The maximum absolute atomic E-state index is 13.0. The predicted octanol–water partition coefficient (Wildman–Crippen LogP) is 5.09. The summed E-state index contributed by atoms with van der Waals surface area (Å²) in [5, 5.41) is 2.96. The summed E-state index contributed by atoms with van der Waals surface area (Å²) in [5.41, 5.74) is 2.94. The molecular formula is C33H36FNO6. The van der Waals surface area contributed by atoms with Crippen LogP contribution in [0.25, 0.3) is 0 Å². The normalized spacial score (nSPS) is 22.4. The summed E-state index contributed by atoms with van der Waals surface area (Å²) in [7, 11) is 0. The summed E-state index contributed by atoms with van der Waals surface area (Å²) in [6.45, 7) is 2.55. The highest BCUT2D eigenvalue weighted by Gasteiger charge is 2.47. The van der Waals surface area contributed by atoms with Crippen molar-refractivity contribution in [1.82, 2.24) is 5.32 Å². The van der Waals surface area contributed by atoms with Crippen LogP contribution in [0.2, 0.25) is 0 Å². The summed E-state index contributed by atoms with van der Waals surface area (Å²) >= 11 is 0. The average Bonchev–Trinajstić information content (AvgIpc) is 2.98.